The van der Waals surface area contributed by atoms with Gasteiger partial charge in [0, 0.05) is 24.7 Å². The van der Waals surface area contributed by atoms with Crippen LogP contribution in [-0.2, 0) is 10.0 Å². The van der Waals surface area contributed by atoms with Crippen LogP contribution in [0.3, 0.4) is 0 Å². The van der Waals surface area contributed by atoms with E-state index in [4.69, 9.17) is 4.74 Å². The predicted octanol–water partition coefficient (Wildman–Crippen LogP) is 3.20. The highest BCUT2D eigenvalue weighted by Gasteiger charge is 2.29. The Labute approximate surface area is 172 Å². The second kappa shape index (κ2) is 8.55. The fourth-order valence-electron chi connectivity index (χ4n) is 3.58. The first kappa shape index (κ1) is 21.3. The third kappa shape index (κ3) is 4.79. The van der Waals surface area contributed by atoms with Gasteiger partial charge in [0.25, 0.3) is 5.91 Å². The highest BCUT2D eigenvalue weighted by atomic mass is 32.2. The Hall–Kier alpha value is -2.38. The molecule has 156 valence electrons. The second-order valence-corrected chi connectivity index (χ2v) is 9.33. The number of nitrogens with zero attached hydrogens (tertiary/aromatic N) is 1. The normalized spacial score (nSPS) is 15.4. The van der Waals surface area contributed by atoms with E-state index in [1.807, 2.05) is 45.0 Å². The third-order valence-electron chi connectivity index (χ3n) is 5.44. The lowest BCUT2D eigenvalue weighted by Gasteiger charge is -2.32. The minimum absolute atomic E-state index is 0.00849. The van der Waals surface area contributed by atoms with E-state index in [1.165, 1.54) is 7.11 Å². The number of methoxy groups -OCH3 is 1. The zero-order chi connectivity index (χ0) is 21.2. The van der Waals surface area contributed by atoms with Crippen LogP contribution in [0.5, 0.6) is 5.75 Å². The van der Waals surface area contributed by atoms with Crippen LogP contribution in [0.15, 0.2) is 41.3 Å². The van der Waals surface area contributed by atoms with E-state index in [9.17, 15) is 13.2 Å². The molecule has 6 nitrogen and oxygen atoms in total. The molecule has 2 aromatic carbocycles. The van der Waals surface area contributed by atoms with Gasteiger partial charge in [0.15, 0.2) is 0 Å². The molecule has 0 atom stereocenters. The number of carbonyl (C=O) groups is 1. The maximum absolute atomic E-state index is 12.9. The molecule has 0 spiro atoms. The van der Waals surface area contributed by atoms with Gasteiger partial charge >= 0.3 is 0 Å². The van der Waals surface area contributed by atoms with Crippen LogP contribution < -0.4 is 9.46 Å². The molecule has 3 rings (SSSR count). The highest BCUT2D eigenvalue weighted by molar-refractivity contribution is 7.89. The van der Waals surface area contributed by atoms with E-state index in [-0.39, 0.29) is 16.8 Å². The standard InChI is InChI=1S/C22H28N2O4S/c1-15-6-5-7-18(12-15)22(25)24-10-8-19(9-11-24)23-29(26,27)21-14-17(3)16(2)13-20(21)28-4/h5-7,12-14,19,23H,8-11H2,1-4H3. The van der Waals surface area contributed by atoms with Crippen molar-refractivity contribution in [3.63, 3.8) is 0 Å². The van der Waals surface area contributed by atoms with Crippen molar-refractivity contribution in [1.29, 1.82) is 0 Å². The summed E-state index contributed by atoms with van der Waals surface area (Å²) in [6.45, 7) is 6.79. The molecular formula is C22H28N2O4S. The van der Waals surface area contributed by atoms with Gasteiger partial charge in [0.1, 0.15) is 10.6 Å². The Morgan fingerprint density at radius 3 is 2.34 bits per heavy atom. The number of benzene rings is 2. The van der Waals surface area contributed by atoms with Gasteiger partial charge in [-0.05, 0) is 69.0 Å². The summed E-state index contributed by atoms with van der Waals surface area (Å²) in [4.78, 5) is 14.6. The average molecular weight is 417 g/mol. The molecule has 1 N–H and O–H groups in total. The number of ether oxygens (including phenoxy) is 1. The number of amides is 1. The molecule has 1 aliphatic rings. The van der Waals surface area contributed by atoms with Gasteiger partial charge in [-0.25, -0.2) is 13.1 Å². The summed E-state index contributed by atoms with van der Waals surface area (Å²) in [5.41, 5.74) is 3.58. The first-order chi connectivity index (χ1) is 13.7. The number of hydrogen-bond acceptors (Lipinski definition) is 4. The Bertz CT molecular complexity index is 1010. The quantitative estimate of drug-likeness (QED) is 0.812. The molecule has 1 amide bonds. The van der Waals surface area contributed by atoms with Gasteiger partial charge in [-0.3, -0.25) is 4.79 Å². The Morgan fingerprint density at radius 2 is 1.72 bits per heavy atom. The van der Waals surface area contributed by atoms with Crippen LogP contribution >= 0.6 is 0 Å². The molecule has 0 bridgehead atoms. The summed E-state index contributed by atoms with van der Waals surface area (Å²) in [7, 11) is -2.25. The van der Waals surface area contributed by atoms with Crippen LogP contribution in [0.1, 0.15) is 39.9 Å². The molecule has 0 aromatic heterocycles. The number of hydrogen-bond donors (Lipinski definition) is 1. The molecule has 1 fully saturated rings. The monoisotopic (exact) mass is 416 g/mol. The third-order valence-corrected chi connectivity index (χ3v) is 6.98. The number of likely N-dealkylation sites (tertiary alicyclic amines) is 1. The van der Waals surface area contributed by atoms with E-state index >= 15 is 0 Å². The molecule has 0 aliphatic carbocycles. The number of aryl methyl sites for hydroxylation is 3. The number of piperidine rings is 1. The minimum atomic E-state index is -3.72. The fourth-order valence-corrected chi connectivity index (χ4v) is 5.12. The summed E-state index contributed by atoms with van der Waals surface area (Å²) in [5, 5.41) is 0. The SMILES string of the molecule is COc1cc(C)c(C)cc1S(=O)(=O)NC1CCN(C(=O)c2cccc(C)c2)CC1. The average Bonchev–Trinajstić information content (AvgIpc) is 2.69. The van der Waals surface area contributed by atoms with Crippen molar-refractivity contribution in [2.24, 2.45) is 0 Å². The molecular weight excluding hydrogens is 388 g/mol. The first-order valence-electron chi connectivity index (χ1n) is 9.75. The van der Waals surface area contributed by atoms with Crippen molar-refractivity contribution in [2.45, 2.75) is 44.6 Å². The van der Waals surface area contributed by atoms with Crippen LogP contribution in [0, 0.1) is 20.8 Å². The Morgan fingerprint density at radius 1 is 1.07 bits per heavy atom. The molecule has 0 saturated carbocycles. The van der Waals surface area contributed by atoms with Crippen molar-refractivity contribution in [3.05, 3.63) is 58.7 Å². The summed E-state index contributed by atoms with van der Waals surface area (Å²) >= 11 is 0. The highest BCUT2D eigenvalue weighted by Crippen LogP contribution is 2.28. The molecule has 29 heavy (non-hydrogen) atoms. The van der Waals surface area contributed by atoms with Crippen molar-refractivity contribution in [2.75, 3.05) is 20.2 Å². The molecule has 0 radical (unpaired) electrons. The van der Waals surface area contributed by atoms with E-state index < -0.39 is 10.0 Å². The lowest BCUT2D eigenvalue weighted by Crippen LogP contribution is -2.46. The Kier molecular flexibility index (Phi) is 6.29. The maximum Gasteiger partial charge on any atom is 0.253 e. The Balaban J connectivity index is 1.67. The number of carbonyl (C=O) groups excluding carboxylic acids is 1. The van der Waals surface area contributed by atoms with Gasteiger partial charge < -0.3 is 9.64 Å². The molecule has 1 heterocycles. The van der Waals surface area contributed by atoms with E-state index in [0.29, 0.717) is 37.2 Å². The van der Waals surface area contributed by atoms with Crippen LogP contribution in [-0.4, -0.2) is 45.5 Å². The van der Waals surface area contributed by atoms with Gasteiger partial charge in [0.2, 0.25) is 10.0 Å². The van der Waals surface area contributed by atoms with Crippen molar-refractivity contribution < 1.29 is 17.9 Å². The lowest BCUT2D eigenvalue weighted by atomic mass is 10.0. The van der Waals surface area contributed by atoms with E-state index in [1.54, 1.807) is 17.0 Å². The first-order valence-corrected chi connectivity index (χ1v) is 11.2. The number of rotatable bonds is 5. The van der Waals surface area contributed by atoms with Crippen molar-refractivity contribution in [1.82, 2.24) is 9.62 Å². The van der Waals surface area contributed by atoms with Gasteiger partial charge in [0.05, 0.1) is 7.11 Å². The second-order valence-electron chi connectivity index (χ2n) is 7.64. The molecule has 2 aromatic rings. The lowest BCUT2D eigenvalue weighted by molar-refractivity contribution is 0.0711. The number of sulfonamides is 1. The van der Waals surface area contributed by atoms with Crippen LogP contribution in [0.2, 0.25) is 0 Å². The summed E-state index contributed by atoms with van der Waals surface area (Å²) in [6, 6.07) is 10.7. The van der Waals surface area contributed by atoms with Crippen LogP contribution in [0.4, 0.5) is 0 Å². The van der Waals surface area contributed by atoms with Crippen LogP contribution in [0.25, 0.3) is 0 Å². The largest absolute Gasteiger partial charge is 0.495 e. The zero-order valence-corrected chi connectivity index (χ0v) is 18.2. The fraction of sp³-hybridized carbons (Fsp3) is 0.409. The summed E-state index contributed by atoms with van der Waals surface area (Å²) in [5.74, 6) is 0.332. The molecule has 7 heteroatoms. The van der Waals surface area contributed by atoms with Crippen molar-refractivity contribution in [3.8, 4) is 5.75 Å². The minimum Gasteiger partial charge on any atom is -0.495 e. The number of nitrogens with one attached hydrogen (secondary N) is 1. The van der Waals surface area contributed by atoms with Crippen molar-refractivity contribution >= 4 is 15.9 Å². The maximum atomic E-state index is 12.9. The van der Waals surface area contributed by atoms with E-state index in [2.05, 4.69) is 4.72 Å². The van der Waals surface area contributed by atoms with Gasteiger partial charge in [-0.1, -0.05) is 17.7 Å². The van der Waals surface area contributed by atoms with E-state index in [0.717, 1.165) is 16.7 Å². The topological polar surface area (TPSA) is 75.7 Å². The predicted molar refractivity (Wildman–Crippen MR) is 113 cm³/mol. The summed E-state index contributed by atoms with van der Waals surface area (Å²) in [6.07, 6.45) is 1.15. The smallest absolute Gasteiger partial charge is 0.253 e. The zero-order valence-electron chi connectivity index (χ0n) is 17.4. The van der Waals surface area contributed by atoms with Gasteiger partial charge in [-0.2, -0.15) is 0 Å². The molecule has 0 unspecified atom stereocenters. The summed E-state index contributed by atoms with van der Waals surface area (Å²) < 4.78 is 34.0. The molecule has 1 aliphatic heterocycles. The molecule has 1 saturated heterocycles. The van der Waals surface area contributed by atoms with Gasteiger partial charge in [-0.15, -0.1) is 0 Å².